The van der Waals surface area contributed by atoms with Crippen molar-refractivity contribution in [2.75, 3.05) is 12.8 Å². The second-order valence-corrected chi connectivity index (χ2v) is 5.28. The summed E-state index contributed by atoms with van der Waals surface area (Å²) >= 11 is 0. The van der Waals surface area contributed by atoms with Crippen molar-refractivity contribution in [3.05, 3.63) is 6.33 Å². The SMILES string of the molecule is COc1nc(N)nc2c1ncn2C1OC(C)CC1(C)O. The lowest BCUT2D eigenvalue weighted by Gasteiger charge is -2.24. The van der Waals surface area contributed by atoms with E-state index in [2.05, 4.69) is 15.0 Å². The molecule has 0 saturated carbocycles. The van der Waals surface area contributed by atoms with Gasteiger partial charge in [-0.2, -0.15) is 9.97 Å². The van der Waals surface area contributed by atoms with Crippen LogP contribution >= 0.6 is 0 Å². The number of methoxy groups -OCH3 is 1. The van der Waals surface area contributed by atoms with Crippen molar-refractivity contribution in [1.82, 2.24) is 19.5 Å². The van der Waals surface area contributed by atoms with Crippen molar-refractivity contribution in [1.29, 1.82) is 0 Å². The highest BCUT2D eigenvalue weighted by Gasteiger charge is 2.44. The van der Waals surface area contributed by atoms with E-state index in [-0.39, 0.29) is 12.1 Å². The summed E-state index contributed by atoms with van der Waals surface area (Å²) in [7, 11) is 1.49. The molecule has 1 fully saturated rings. The Kier molecular flexibility index (Phi) is 2.80. The normalized spacial score (nSPS) is 30.0. The third kappa shape index (κ3) is 1.88. The van der Waals surface area contributed by atoms with Gasteiger partial charge in [0.2, 0.25) is 11.8 Å². The topological polar surface area (TPSA) is 108 Å². The summed E-state index contributed by atoms with van der Waals surface area (Å²) in [6, 6.07) is 0. The van der Waals surface area contributed by atoms with E-state index < -0.39 is 11.8 Å². The second kappa shape index (κ2) is 4.29. The summed E-state index contributed by atoms with van der Waals surface area (Å²) in [5, 5.41) is 10.5. The minimum absolute atomic E-state index is 0.0477. The molecule has 3 atom stereocenters. The standard InChI is InChI=1S/C12H17N5O3/c1-6-4-12(2,18)10(20-6)17-5-14-7-8(17)15-11(13)16-9(7)19-3/h5-6,10,18H,4H2,1-3H3,(H2,13,15,16). The first-order valence-corrected chi connectivity index (χ1v) is 6.34. The number of nitrogen functional groups attached to an aromatic ring is 1. The van der Waals surface area contributed by atoms with Crippen molar-refractivity contribution in [3.63, 3.8) is 0 Å². The first-order chi connectivity index (χ1) is 9.42. The first-order valence-electron chi connectivity index (χ1n) is 6.34. The van der Waals surface area contributed by atoms with Gasteiger partial charge in [-0.05, 0) is 13.8 Å². The molecule has 3 rings (SSSR count). The van der Waals surface area contributed by atoms with Gasteiger partial charge >= 0.3 is 0 Å². The Bertz CT molecular complexity index is 654. The van der Waals surface area contributed by atoms with Crippen LogP contribution < -0.4 is 10.5 Å². The highest BCUT2D eigenvalue weighted by molar-refractivity contribution is 5.77. The Morgan fingerprint density at radius 1 is 1.55 bits per heavy atom. The van der Waals surface area contributed by atoms with E-state index in [1.807, 2.05) is 6.92 Å². The van der Waals surface area contributed by atoms with Gasteiger partial charge in [0.25, 0.3) is 0 Å². The van der Waals surface area contributed by atoms with Crippen molar-refractivity contribution in [2.45, 2.75) is 38.2 Å². The quantitative estimate of drug-likeness (QED) is 0.822. The molecule has 0 spiro atoms. The fourth-order valence-electron chi connectivity index (χ4n) is 2.68. The molecule has 3 unspecified atom stereocenters. The molecule has 20 heavy (non-hydrogen) atoms. The van der Waals surface area contributed by atoms with E-state index in [4.69, 9.17) is 15.2 Å². The highest BCUT2D eigenvalue weighted by Crippen LogP contribution is 2.39. The molecule has 1 aliphatic rings. The Hall–Kier alpha value is -1.93. The monoisotopic (exact) mass is 279 g/mol. The average molecular weight is 279 g/mol. The number of hydrogen-bond acceptors (Lipinski definition) is 7. The Morgan fingerprint density at radius 3 is 2.90 bits per heavy atom. The van der Waals surface area contributed by atoms with Crippen LogP contribution in [-0.4, -0.2) is 43.4 Å². The van der Waals surface area contributed by atoms with Crippen molar-refractivity contribution in [2.24, 2.45) is 0 Å². The van der Waals surface area contributed by atoms with Gasteiger partial charge in [-0.1, -0.05) is 0 Å². The maximum Gasteiger partial charge on any atom is 0.246 e. The molecule has 3 N–H and O–H groups in total. The zero-order chi connectivity index (χ0) is 14.5. The Labute approximate surface area is 115 Å². The van der Waals surface area contributed by atoms with Crippen LogP contribution in [0.1, 0.15) is 26.5 Å². The van der Waals surface area contributed by atoms with Crippen molar-refractivity contribution in [3.8, 4) is 5.88 Å². The molecule has 2 aromatic rings. The van der Waals surface area contributed by atoms with Crippen LogP contribution in [-0.2, 0) is 4.74 Å². The van der Waals surface area contributed by atoms with Crippen LogP contribution in [0.3, 0.4) is 0 Å². The summed E-state index contributed by atoms with van der Waals surface area (Å²) in [4.78, 5) is 12.4. The summed E-state index contributed by atoms with van der Waals surface area (Å²) in [6.45, 7) is 3.65. The molecule has 0 aromatic carbocycles. The van der Waals surface area contributed by atoms with E-state index in [1.54, 1.807) is 17.8 Å². The molecule has 108 valence electrons. The average Bonchev–Trinajstić information content (AvgIpc) is 2.88. The lowest BCUT2D eigenvalue weighted by Crippen LogP contribution is -2.31. The molecular formula is C12H17N5O3. The number of ether oxygens (including phenoxy) is 2. The summed E-state index contributed by atoms with van der Waals surface area (Å²) in [5.74, 6) is 0.388. The largest absolute Gasteiger partial charge is 0.479 e. The molecular weight excluding hydrogens is 262 g/mol. The molecule has 8 heteroatoms. The van der Waals surface area contributed by atoms with E-state index >= 15 is 0 Å². The van der Waals surface area contributed by atoms with Crippen LogP contribution in [0.25, 0.3) is 11.2 Å². The third-order valence-corrected chi connectivity index (χ3v) is 3.45. The summed E-state index contributed by atoms with van der Waals surface area (Å²) in [5.41, 5.74) is 5.64. The molecule has 3 heterocycles. The summed E-state index contributed by atoms with van der Waals surface area (Å²) in [6.07, 6.45) is 1.48. The smallest absolute Gasteiger partial charge is 0.246 e. The van der Waals surface area contributed by atoms with Crippen LogP contribution in [0.5, 0.6) is 5.88 Å². The Balaban J connectivity index is 2.16. The summed E-state index contributed by atoms with van der Waals surface area (Å²) < 4.78 is 12.6. The van der Waals surface area contributed by atoms with E-state index in [0.29, 0.717) is 23.5 Å². The van der Waals surface area contributed by atoms with Gasteiger partial charge in [0.1, 0.15) is 5.60 Å². The molecule has 8 nitrogen and oxygen atoms in total. The number of fused-ring (bicyclic) bond motifs is 1. The fraction of sp³-hybridized carbons (Fsp3) is 0.583. The minimum atomic E-state index is -1.00. The zero-order valence-electron chi connectivity index (χ0n) is 11.6. The maximum absolute atomic E-state index is 10.5. The fourth-order valence-corrected chi connectivity index (χ4v) is 2.68. The van der Waals surface area contributed by atoms with Gasteiger partial charge in [0.05, 0.1) is 19.5 Å². The second-order valence-electron chi connectivity index (χ2n) is 5.28. The van der Waals surface area contributed by atoms with Crippen LogP contribution in [0.15, 0.2) is 6.33 Å². The van der Waals surface area contributed by atoms with Crippen molar-refractivity contribution < 1.29 is 14.6 Å². The number of anilines is 1. The number of imidazole rings is 1. The van der Waals surface area contributed by atoms with Gasteiger partial charge < -0.3 is 20.3 Å². The molecule has 0 aliphatic carbocycles. The predicted octanol–water partition coefficient (Wildman–Crippen LogP) is 0.475. The van der Waals surface area contributed by atoms with E-state index in [1.165, 1.54) is 7.11 Å². The first kappa shape index (κ1) is 13.1. The number of hydrogen-bond donors (Lipinski definition) is 2. The highest BCUT2D eigenvalue weighted by atomic mass is 16.5. The van der Waals surface area contributed by atoms with Gasteiger partial charge in [0.15, 0.2) is 17.4 Å². The maximum atomic E-state index is 10.5. The molecule has 1 aliphatic heterocycles. The molecule has 1 saturated heterocycles. The molecule has 0 bridgehead atoms. The number of nitrogens with zero attached hydrogens (tertiary/aromatic N) is 4. The lowest BCUT2D eigenvalue weighted by atomic mass is 10.0. The zero-order valence-corrected chi connectivity index (χ0v) is 11.6. The predicted molar refractivity (Wildman–Crippen MR) is 71.1 cm³/mol. The molecule has 2 aromatic heterocycles. The third-order valence-electron chi connectivity index (χ3n) is 3.45. The van der Waals surface area contributed by atoms with Gasteiger partial charge in [0, 0.05) is 6.42 Å². The van der Waals surface area contributed by atoms with Gasteiger partial charge in [-0.25, -0.2) is 4.98 Å². The van der Waals surface area contributed by atoms with Crippen LogP contribution in [0.2, 0.25) is 0 Å². The van der Waals surface area contributed by atoms with Crippen LogP contribution in [0, 0.1) is 0 Å². The minimum Gasteiger partial charge on any atom is -0.479 e. The number of rotatable bonds is 2. The molecule has 0 amide bonds. The van der Waals surface area contributed by atoms with E-state index in [0.717, 1.165) is 0 Å². The number of nitrogens with two attached hydrogens (primary N) is 1. The number of aliphatic hydroxyl groups is 1. The molecule has 0 radical (unpaired) electrons. The Morgan fingerprint density at radius 2 is 2.30 bits per heavy atom. The van der Waals surface area contributed by atoms with Crippen molar-refractivity contribution >= 4 is 17.1 Å². The van der Waals surface area contributed by atoms with Crippen LogP contribution in [0.4, 0.5) is 5.95 Å². The van der Waals surface area contributed by atoms with Gasteiger partial charge in [-0.15, -0.1) is 0 Å². The lowest BCUT2D eigenvalue weighted by molar-refractivity contribution is -0.0768. The number of aromatic nitrogens is 4. The van der Waals surface area contributed by atoms with Gasteiger partial charge in [-0.3, -0.25) is 4.57 Å². The van der Waals surface area contributed by atoms with E-state index in [9.17, 15) is 5.11 Å².